The van der Waals surface area contributed by atoms with Crippen molar-refractivity contribution < 1.29 is 0 Å². The van der Waals surface area contributed by atoms with Crippen molar-refractivity contribution in [2.75, 3.05) is 0 Å². The maximum atomic E-state index is 6.43. The zero-order valence-corrected chi connectivity index (χ0v) is 15.2. The molecule has 7 aromatic carbocycles. The summed E-state index contributed by atoms with van der Waals surface area (Å²) < 4.78 is 0. The molecule has 7 aromatic rings. The highest BCUT2D eigenvalue weighted by Gasteiger charge is 2.21. The molecule has 0 aliphatic heterocycles. The van der Waals surface area contributed by atoms with Crippen molar-refractivity contribution in [3.63, 3.8) is 0 Å². The Labute approximate surface area is 160 Å². The van der Waals surface area contributed by atoms with E-state index in [1.807, 2.05) is 0 Å². The second-order valence-corrected chi connectivity index (χ2v) is 8.03. The van der Waals surface area contributed by atoms with Crippen LogP contribution in [-0.4, -0.2) is 0 Å². The Morgan fingerprint density at radius 3 is 1.37 bits per heavy atom. The first-order chi connectivity index (χ1) is 13.2. The molecule has 0 spiro atoms. The fraction of sp³-hybridized carbons (Fsp3) is 0. The van der Waals surface area contributed by atoms with E-state index in [0.29, 0.717) is 5.03 Å². The molecule has 0 nitrogen and oxygen atoms in total. The van der Waals surface area contributed by atoms with Crippen LogP contribution in [0.5, 0.6) is 0 Å². The van der Waals surface area contributed by atoms with Crippen LogP contribution in [0.1, 0.15) is 5.56 Å². The van der Waals surface area contributed by atoms with Crippen LogP contribution in [0.3, 0.4) is 0 Å². The Hall–Kier alpha value is -3.09. The van der Waals surface area contributed by atoms with Crippen LogP contribution >= 0.6 is 11.6 Å². The van der Waals surface area contributed by atoms with Crippen LogP contribution in [-0.2, 0) is 0 Å². The van der Waals surface area contributed by atoms with Gasteiger partial charge in [0.2, 0.25) is 0 Å². The number of hydrogen-bond acceptors (Lipinski definition) is 0. The highest BCUT2D eigenvalue weighted by Crippen LogP contribution is 2.49. The van der Waals surface area contributed by atoms with Crippen molar-refractivity contribution in [1.29, 1.82) is 0 Å². The third-order valence-electron chi connectivity index (χ3n) is 6.29. The highest BCUT2D eigenvalue weighted by atomic mass is 35.5. The van der Waals surface area contributed by atoms with Crippen LogP contribution in [0.15, 0.2) is 73.3 Å². The van der Waals surface area contributed by atoms with Gasteiger partial charge in [-0.25, -0.2) is 0 Å². The minimum Gasteiger partial charge on any atom is -0.0843 e. The lowest BCUT2D eigenvalue weighted by atomic mass is 9.82. The third-order valence-corrected chi connectivity index (χ3v) is 6.50. The maximum absolute atomic E-state index is 6.43. The smallest absolute Gasteiger partial charge is 0.0413 e. The molecule has 0 radical (unpaired) electrons. The zero-order valence-electron chi connectivity index (χ0n) is 14.4. The number of benzene rings is 7. The van der Waals surface area contributed by atoms with Crippen LogP contribution in [0, 0.1) is 0 Å². The van der Waals surface area contributed by atoms with Gasteiger partial charge in [0.15, 0.2) is 0 Å². The van der Waals surface area contributed by atoms with E-state index in [4.69, 9.17) is 11.6 Å². The van der Waals surface area contributed by atoms with E-state index >= 15 is 0 Å². The lowest BCUT2D eigenvalue weighted by Gasteiger charge is -2.21. The largest absolute Gasteiger partial charge is 0.0843 e. The normalized spacial score (nSPS) is 12.8. The molecule has 0 aliphatic carbocycles. The summed E-state index contributed by atoms with van der Waals surface area (Å²) >= 11 is 6.43. The van der Waals surface area contributed by atoms with Gasteiger partial charge in [0.25, 0.3) is 0 Å². The quantitative estimate of drug-likeness (QED) is 0.205. The van der Waals surface area contributed by atoms with E-state index in [0.717, 1.165) is 5.56 Å². The molecule has 1 heteroatoms. The molecule has 124 valence electrons. The molecule has 0 saturated heterocycles. The van der Waals surface area contributed by atoms with Gasteiger partial charge < -0.3 is 0 Å². The Bertz CT molecular complexity index is 1630. The monoisotopic (exact) mass is 360 g/mol. The summed E-state index contributed by atoms with van der Waals surface area (Å²) in [4.78, 5) is 0. The van der Waals surface area contributed by atoms with Crippen molar-refractivity contribution in [1.82, 2.24) is 0 Å². The first kappa shape index (κ1) is 14.0. The topological polar surface area (TPSA) is 0 Å². The molecule has 0 heterocycles. The van der Waals surface area contributed by atoms with Gasteiger partial charge in [-0.15, -0.1) is 0 Å². The average Bonchev–Trinajstić information content (AvgIpc) is 2.71. The predicted molar refractivity (Wildman–Crippen MR) is 120 cm³/mol. The lowest BCUT2D eigenvalue weighted by molar-refractivity contribution is 1.77. The first-order valence-corrected chi connectivity index (χ1v) is 9.55. The van der Waals surface area contributed by atoms with Crippen LogP contribution in [0.25, 0.3) is 69.7 Å². The zero-order chi connectivity index (χ0) is 17.9. The summed E-state index contributed by atoms with van der Waals surface area (Å²) in [6.45, 7) is 4.03. The van der Waals surface area contributed by atoms with Gasteiger partial charge in [-0.1, -0.05) is 78.8 Å². The lowest BCUT2D eigenvalue weighted by Crippen LogP contribution is -1.94. The van der Waals surface area contributed by atoms with E-state index in [1.165, 1.54) is 64.6 Å². The number of halogens is 1. The molecule has 0 amide bonds. The van der Waals surface area contributed by atoms with E-state index in [-0.39, 0.29) is 0 Å². The van der Waals surface area contributed by atoms with Crippen LogP contribution in [0.4, 0.5) is 0 Å². The van der Waals surface area contributed by atoms with Gasteiger partial charge in [-0.05, 0) is 70.7 Å². The predicted octanol–water partition coefficient (Wildman–Crippen LogP) is 8.13. The summed E-state index contributed by atoms with van der Waals surface area (Å²) in [5.74, 6) is 0. The van der Waals surface area contributed by atoms with Gasteiger partial charge in [0, 0.05) is 10.6 Å². The first-order valence-electron chi connectivity index (χ1n) is 9.17. The van der Waals surface area contributed by atoms with E-state index in [1.54, 1.807) is 0 Å². The molecule has 27 heavy (non-hydrogen) atoms. The van der Waals surface area contributed by atoms with Crippen molar-refractivity contribution in [2.24, 2.45) is 0 Å². The Morgan fingerprint density at radius 1 is 0.519 bits per heavy atom. The van der Waals surface area contributed by atoms with Crippen LogP contribution in [0.2, 0.25) is 0 Å². The second kappa shape index (κ2) is 4.42. The van der Waals surface area contributed by atoms with E-state index < -0.39 is 0 Å². The summed E-state index contributed by atoms with van der Waals surface area (Å²) in [6, 6.07) is 24.6. The number of hydrogen-bond donors (Lipinski definition) is 0. The molecule has 0 saturated carbocycles. The minimum absolute atomic E-state index is 0.598. The molecule has 0 fully saturated rings. The molecular weight excluding hydrogens is 348 g/mol. The van der Waals surface area contributed by atoms with Gasteiger partial charge in [-0.2, -0.15) is 0 Å². The molecule has 0 bridgehead atoms. The maximum Gasteiger partial charge on any atom is 0.0413 e. The summed E-state index contributed by atoms with van der Waals surface area (Å²) in [5, 5.41) is 16.4. The Kier molecular flexibility index (Phi) is 2.29. The molecule has 0 aromatic heterocycles. The summed E-state index contributed by atoms with van der Waals surface area (Å²) in [6.07, 6.45) is 0. The SMILES string of the molecule is C=C(Cl)c1cc2ccc3ccc4ccc5ccc6ccc1c1c6c5c4c3c21. The van der Waals surface area contributed by atoms with Crippen molar-refractivity contribution in [3.05, 3.63) is 78.9 Å². The summed E-state index contributed by atoms with van der Waals surface area (Å²) in [7, 11) is 0. The Balaban J connectivity index is 2.03. The van der Waals surface area contributed by atoms with E-state index in [9.17, 15) is 0 Å². The number of rotatable bonds is 1. The standard InChI is InChI=1S/C26H13Cl/c1-13(27)20-12-18-9-8-16-5-3-14-2-4-15-6-7-17-10-11-19(20)26-24(17)22(15)21(14)23(16)25(18)26/h2-12H,1H2. The molecular formula is C26H13Cl. The second-order valence-electron chi connectivity index (χ2n) is 7.57. The molecule has 7 rings (SSSR count). The van der Waals surface area contributed by atoms with Crippen molar-refractivity contribution in [3.8, 4) is 0 Å². The van der Waals surface area contributed by atoms with Gasteiger partial charge >= 0.3 is 0 Å². The third kappa shape index (κ3) is 1.49. The molecule has 0 unspecified atom stereocenters. The molecule has 0 N–H and O–H groups in total. The van der Waals surface area contributed by atoms with Gasteiger partial charge in [-0.3, -0.25) is 0 Å². The van der Waals surface area contributed by atoms with Crippen molar-refractivity contribution >= 4 is 81.3 Å². The van der Waals surface area contributed by atoms with Crippen LogP contribution < -0.4 is 0 Å². The van der Waals surface area contributed by atoms with Crippen molar-refractivity contribution in [2.45, 2.75) is 0 Å². The Morgan fingerprint density at radius 2 is 0.889 bits per heavy atom. The highest BCUT2D eigenvalue weighted by molar-refractivity contribution is 6.51. The fourth-order valence-electron chi connectivity index (χ4n) is 5.21. The van der Waals surface area contributed by atoms with E-state index in [2.05, 4.69) is 73.3 Å². The van der Waals surface area contributed by atoms with Gasteiger partial charge in [0.05, 0.1) is 0 Å². The molecule has 0 atom stereocenters. The van der Waals surface area contributed by atoms with Gasteiger partial charge in [0.1, 0.15) is 0 Å². The summed E-state index contributed by atoms with van der Waals surface area (Å²) in [5.41, 5.74) is 1.03. The average molecular weight is 361 g/mol. The minimum atomic E-state index is 0.598. The fourth-order valence-corrected chi connectivity index (χ4v) is 5.37. The molecule has 0 aliphatic rings.